The van der Waals surface area contributed by atoms with Crippen molar-refractivity contribution in [1.82, 2.24) is 15.2 Å². The van der Waals surface area contributed by atoms with Crippen LogP contribution in [0.4, 0.5) is 10.5 Å². The Hall–Kier alpha value is -2.64. The van der Waals surface area contributed by atoms with Crippen LogP contribution in [0.2, 0.25) is 0 Å². The van der Waals surface area contributed by atoms with Crippen molar-refractivity contribution in [1.29, 1.82) is 0 Å². The van der Waals surface area contributed by atoms with E-state index in [9.17, 15) is 14.4 Å². The minimum absolute atomic E-state index is 0.0166. The Kier molecular flexibility index (Phi) is 4.36. The molecule has 1 aliphatic rings. The van der Waals surface area contributed by atoms with Crippen LogP contribution in [0.15, 0.2) is 18.5 Å². The van der Waals surface area contributed by atoms with Crippen molar-refractivity contribution in [2.24, 2.45) is 0 Å². The van der Waals surface area contributed by atoms with Crippen LogP contribution >= 0.6 is 0 Å². The normalized spacial score (nSPS) is 17.4. The average Bonchev–Trinajstić information content (AvgIpc) is 2.96. The second kappa shape index (κ2) is 6.21. The van der Waals surface area contributed by atoms with Crippen molar-refractivity contribution in [3.05, 3.63) is 24.0 Å². The summed E-state index contributed by atoms with van der Waals surface area (Å²) in [6.07, 6.45) is 3.91. The van der Waals surface area contributed by atoms with Gasteiger partial charge in [-0.25, -0.2) is 9.59 Å². The third-order valence-corrected chi connectivity index (χ3v) is 3.30. The van der Waals surface area contributed by atoms with Crippen LogP contribution in [0, 0.1) is 0 Å². The third kappa shape index (κ3) is 3.28. The van der Waals surface area contributed by atoms with E-state index in [0.717, 1.165) is 6.42 Å². The summed E-state index contributed by atoms with van der Waals surface area (Å²) in [4.78, 5) is 39.9. The zero-order valence-corrected chi connectivity index (χ0v) is 11.5. The molecule has 0 bridgehead atoms. The molecule has 0 radical (unpaired) electrons. The van der Waals surface area contributed by atoms with Gasteiger partial charge in [0.1, 0.15) is 6.04 Å². The first kappa shape index (κ1) is 14.8. The number of carboxylic acid groups (broad SMARTS) is 1. The summed E-state index contributed by atoms with van der Waals surface area (Å²) in [5.41, 5.74) is 0.263. The minimum Gasteiger partial charge on any atom is -0.478 e. The number of amides is 3. The maximum Gasteiger partial charge on any atom is 0.337 e. The number of carbonyl (C=O) groups is 3. The smallest absolute Gasteiger partial charge is 0.337 e. The molecule has 1 saturated heterocycles. The first-order chi connectivity index (χ1) is 10.0. The number of urea groups is 1. The van der Waals surface area contributed by atoms with E-state index in [1.807, 2.05) is 0 Å². The Labute approximate surface area is 121 Å². The van der Waals surface area contributed by atoms with E-state index in [2.05, 4.69) is 15.6 Å². The maximum absolute atomic E-state index is 12.2. The molecule has 1 unspecified atom stereocenters. The number of nitrogens with zero attached hydrogens (tertiary/aromatic N) is 2. The summed E-state index contributed by atoms with van der Waals surface area (Å²) in [6.45, 7) is 0.482. The van der Waals surface area contributed by atoms with E-state index in [4.69, 9.17) is 5.11 Å². The van der Waals surface area contributed by atoms with Gasteiger partial charge in [-0.1, -0.05) is 0 Å². The van der Waals surface area contributed by atoms with E-state index in [0.29, 0.717) is 13.0 Å². The molecule has 1 aliphatic heterocycles. The van der Waals surface area contributed by atoms with Crippen LogP contribution in [-0.2, 0) is 4.79 Å². The molecule has 0 aromatic carbocycles. The number of hydrogen-bond donors (Lipinski definition) is 3. The van der Waals surface area contributed by atoms with Gasteiger partial charge in [0.2, 0.25) is 5.91 Å². The van der Waals surface area contributed by atoms with E-state index in [-0.39, 0.29) is 17.2 Å². The molecule has 112 valence electrons. The Morgan fingerprint density at radius 3 is 2.81 bits per heavy atom. The van der Waals surface area contributed by atoms with Crippen LogP contribution in [0.1, 0.15) is 23.2 Å². The van der Waals surface area contributed by atoms with Crippen molar-refractivity contribution in [3.63, 3.8) is 0 Å². The van der Waals surface area contributed by atoms with Gasteiger partial charge >= 0.3 is 12.0 Å². The molecule has 1 fully saturated rings. The van der Waals surface area contributed by atoms with Gasteiger partial charge in [-0.2, -0.15) is 0 Å². The van der Waals surface area contributed by atoms with Crippen LogP contribution in [0.25, 0.3) is 0 Å². The predicted octanol–water partition coefficient (Wildman–Crippen LogP) is 0.522. The fourth-order valence-corrected chi connectivity index (χ4v) is 2.27. The standard InChI is InChI=1S/C13H16N4O4/c1-14-11(18)10-3-2-4-17(10)13(21)16-9-5-8(12(19)20)6-15-7-9/h5-7,10H,2-4H2,1H3,(H,14,18)(H,16,21)(H,19,20). The number of nitrogens with one attached hydrogen (secondary N) is 2. The fraction of sp³-hybridized carbons (Fsp3) is 0.385. The lowest BCUT2D eigenvalue weighted by molar-refractivity contribution is -0.124. The van der Waals surface area contributed by atoms with Crippen molar-refractivity contribution in [3.8, 4) is 0 Å². The van der Waals surface area contributed by atoms with Gasteiger partial charge < -0.3 is 20.6 Å². The number of hydrogen-bond acceptors (Lipinski definition) is 4. The quantitative estimate of drug-likeness (QED) is 0.752. The largest absolute Gasteiger partial charge is 0.478 e. The van der Waals surface area contributed by atoms with Gasteiger partial charge in [-0.05, 0) is 18.9 Å². The number of aromatic carboxylic acids is 1. The van der Waals surface area contributed by atoms with E-state index < -0.39 is 18.0 Å². The number of anilines is 1. The Morgan fingerprint density at radius 1 is 1.38 bits per heavy atom. The van der Waals surface area contributed by atoms with Crippen molar-refractivity contribution >= 4 is 23.6 Å². The van der Waals surface area contributed by atoms with Crippen LogP contribution in [-0.4, -0.2) is 52.5 Å². The lowest BCUT2D eigenvalue weighted by atomic mass is 10.2. The van der Waals surface area contributed by atoms with Crippen molar-refractivity contribution < 1.29 is 19.5 Å². The molecule has 21 heavy (non-hydrogen) atoms. The molecule has 8 heteroatoms. The highest BCUT2D eigenvalue weighted by Crippen LogP contribution is 2.19. The molecule has 1 aromatic rings. The molecule has 3 amide bonds. The van der Waals surface area contributed by atoms with Crippen LogP contribution < -0.4 is 10.6 Å². The average molecular weight is 292 g/mol. The van der Waals surface area contributed by atoms with Gasteiger partial charge in [0.25, 0.3) is 0 Å². The van der Waals surface area contributed by atoms with Crippen molar-refractivity contribution in [2.75, 3.05) is 18.9 Å². The summed E-state index contributed by atoms with van der Waals surface area (Å²) in [5, 5.41) is 14.0. The zero-order chi connectivity index (χ0) is 15.4. The van der Waals surface area contributed by atoms with Gasteiger partial charge in [0.15, 0.2) is 0 Å². The summed E-state index contributed by atoms with van der Waals surface area (Å²) >= 11 is 0. The summed E-state index contributed by atoms with van der Waals surface area (Å²) < 4.78 is 0. The van der Waals surface area contributed by atoms with Gasteiger partial charge in [0, 0.05) is 19.8 Å². The highest BCUT2D eigenvalue weighted by Gasteiger charge is 2.33. The number of carbonyl (C=O) groups excluding carboxylic acids is 2. The molecule has 1 aromatic heterocycles. The van der Waals surface area contributed by atoms with Crippen LogP contribution in [0.5, 0.6) is 0 Å². The highest BCUT2D eigenvalue weighted by molar-refractivity contribution is 5.95. The van der Waals surface area contributed by atoms with Crippen LogP contribution in [0.3, 0.4) is 0 Å². The number of pyridine rings is 1. The molecule has 2 heterocycles. The van der Waals surface area contributed by atoms with E-state index in [1.165, 1.54) is 30.4 Å². The topological polar surface area (TPSA) is 112 Å². The second-order valence-electron chi connectivity index (χ2n) is 4.66. The molecular weight excluding hydrogens is 276 g/mol. The Bertz CT molecular complexity index is 575. The van der Waals surface area contributed by atoms with E-state index in [1.54, 1.807) is 0 Å². The van der Waals surface area contributed by atoms with Gasteiger partial charge in [0.05, 0.1) is 17.4 Å². The predicted molar refractivity (Wildman–Crippen MR) is 74.0 cm³/mol. The fourth-order valence-electron chi connectivity index (χ4n) is 2.27. The first-order valence-electron chi connectivity index (χ1n) is 6.50. The number of likely N-dealkylation sites (N-methyl/N-ethyl adjacent to an activating group) is 1. The molecule has 0 saturated carbocycles. The monoisotopic (exact) mass is 292 g/mol. The number of rotatable bonds is 3. The number of carboxylic acids is 1. The summed E-state index contributed by atoms with van der Waals surface area (Å²) in [7, 11) is 1.52. The van der Waals surface area contributed by atoms with E-state index >= 15 is 0 Å². The maximum atomic E-state index is 12.2. The third-order valence-electron chi connectivity index (χ3n) is 3.30. The minimum atomic E-state index is -1.12. The summed E-state index contributed by atoms with van der Waals surface area (Å²) in [6, 6.07) is 0.383. The lowest BCUT2D eigenvalue weighted by Crippen LogP contribution is -2.46. The Balaban J connectivity index is 2.09. The molecule has 3 N–H and O–H groups in total. The molecule has 0 spiro atoms. The number of likely N-dealkylation sites (tertiary alicyclic amines) is 1. The molecule has 8 nitrogen and oxygen atoms in total. The molecular formula is C13H16N4O4. The number of aromatic nitrogens is 1. The van der Waals surface area contributed by atoms with Gasteiger partial charge in [-0.15, -0.1) is 0 Å². The van der Waals surface area contributed by atoms with Crippen molar-refractivity contribution in [2.45, 2.75) is 18.9 Å². The SMILES string of the molecule is CNC(=O)C1CCCN1C(=O)Nc1cncc(C(=O)O)c1. The Morgan fingerprint density at radius 2 is 2.14 bits per heavy atom. The highest BCUT2D eigenvalue weighted by atomic mass is 16.4. The van der Waals surface area contributed by atoms with Gasteiger partial charge in [-0.3, -0.25) is 9.78 Å². The molecule has 2 rings (SSSR count). The zero-order valence-electron chi connectivity index (χ0n) is 11.5. The lowest BCUT2D eigenvalue weighted by Gasteiger charge is -2.23. The second-order valence-corrected chi connectivity index (χ2v) is 4.66. The molecule has 0 aliphatic carbocycles. The molecule has 1 atom stereocenters. The first-order valence-corrected chi connectivity index (χ1v) is 6.50. The summed E-state index contributed by atoms with van der Waals surface area (Å²) in [5.74, 6) is -1.33.